The van der Waals surface area contributed by atoms with Crippen LogP contribution < -0.4 is 4.74 Å². The zero-order chi connectivity index (χ0) is 20.2. The number of hydrogen-bond acceptors (Lipinski definition) is 3. The predicted molar refractivity (Wildman–Crippen MR) is 115 cm³/mol. The molecule has 1 fully saturated rings. The molecule has 0 atom stereocenters. The van der Waals surface area contributed by atoms with Crippen LogP contribution in [0, 0.1) is 6.92 Å². The molecule has 148 valence electrons. The highest BCUT2D eigenvalue weighted by atomic mass is 16.5. The van der Waals surface area contributed by atoms with Crippen LogP contribution in [0.4, 0.5) is 0 Å². The summed E-state index contributed by atoms with van der Waals surface area (Å²) in [7, 11) is 1.62. The Morgan fingerprint density at radius 1 is 0.966 bits per heavy atom. The number of aromatic nitrogens is 1. The van der Waals surface area contributed by atoms with Crippen molar-refractivity contribution in [2.75, 3.05) is 20.2 Å². The van der Waals surface area contributed by atoms with E-state index in [1.54, 1.807) is 7.11 Å². The molecule has 0 spiro atoms. The van der Waals surface area contributed by atoms with Gasteiger partial charge in [-0.2, -0.15) is 0 Å². The fourth-order valence-corrected chi connectivity index (χ4v) is 4.02. The van der Waals surface area contributed by atoms with Crippen LogP contribution in [0.5, 0.6) is 5.75 Å². The largest absolute Gasteiger partial charge is 0.497 e. The summed E-state index contributed by atoms with van der Waals surface area (Å²) in [6.45, 7) is 3.55. The zero-order valence-corrected chi connectivity index (χ0v) is 17.0. The number of carbonyl (C=O) groups is 1. The molecule has 0 unspecified atom stereocenters. The van der Waals surface area contributed by atoms with Crippen LogP contribution in [-0.2, 0) is 0 Å². The van der Waals surface area contributed by atoms with Gasteiger partial charge in [-0.25, -0.2) is 0 Å². The highest BCUT2D eigenvalue weighted by Gasteiger charge is 2.26. The molecule has 0 saturated carbocycles. The van der Waals surface area contributed by atoms with E-state index in [-0.39, 0.29) is 5.91 Å². The van der Waals surface area contributed by atoms with Crippen LogP contribution in [0.15, 0.2) is 66.7 Å². The third-order valence-electron chi connectivity index (χ3n) is 5.60. The Morgan fingerprint density at radius 3 is 2.45 bits per heavy atom. The van der Waals surface area contributed by atoms with Crippen molar-refractivity contribution in [2.24, 2.45) is 0 Å². The Morgan fingerprint density at radius 2 is 1.72 bits per heavy atom. The number of pyridine rings is 1. The molecule has 0 bridgehead atoms. The maximum Gasteiger partial charge on any atom is 0.253 e. The van der Waals surface area contributed by atoms with Crippen LogP contribution in [0.3, 0.4) is 0 Å². The zero-order valence-electron chi connectivity index (χ0n) is 17.0. The number of ether oxygens (including phenoxy) is 1. The van der Waals surface area contributed by atoms with E-state index in [9.17, 15) is 4.79 Å². The SMILES string of the molecule is COc1cccc(C(=O)N2CCC(c3cc(-c4ccccc4)cc(C)n3)CC2)c1. The van der Waals surface area contributed by atoms with Crippen molar-refractivity contribution < 1.29 is 9.53 Å². The third kappa shape index (κ3) is 4.32. The average Bonchev–Trinajstić information content (AvgIpc) is 2.79. The van der Waals surface area contributed by atoms with Crippen LogP contribution in [0.25, 0.3) is 11.1 Å². The molecular formula is C25H26N2O2. The summed E-state index contributed by atoms with van der Waals surface area (Å²) < 4.78 is 5.25. The lowest BCUT2D eigenvalue weighted by atomic mass is 9.91. The van der Waals surface area contributed by atoms with Gasteiger partial charge in [-0.1, -0.05) is 36.4 Å². The number of methoxy groups -OCH3 is 1. The van der Waals surface area contributed by atoms with Crippen molar-refractivity contribution in [3.8, 4) is 16.9 Å². The topological polar surface area (TPSA) is 42.4 Å². The second kappa shape index (κ2) is 8.48. The molecule has 4 heteroatoms. The third-order valence-corrected chi connectivity index (χ3v) is 5.60. The summed E-state index contributed by atoms with van der Waals surface area (Å²) >= 11 is 0. The minimum atomic E-state index is 0.0736. The van der Waals surface area contributed by atoms with E-state index in [0.717, 1.165) is 37.3 Å². The van der Waals surface area contributed by atoms with Crippen LogP contribution in [-0.4, -0.2) is 36.0 Å². The first-order valence-corrected chi connectivity index (χ1v) is 10.1. The Bertz CT molecular complexity index is 993. The summed E-state index contributed by atoms with van der Waals surface area (Å²) in [6, 6.07) is 22.2. The Labute approximate surface area is 172 Å². The lowest BCUT2D eigenvalue weighted by molar-refractivity contribution is 0.0711. The molecule has 1 amide bonds. The van der Waals surface area contributed by atoms with E-state index in [1.807, 2.05) is 35.2 Å². The summed E-state index contributed by atoms with van der Waals surface area (Å²) in [5.74, 6) is 1.17. The van der Waals surface area contributed by atoms with Gasteiger partial charge in [-0.3, -0.25) is 9.78 Å². The molecule has 1 aliphatic rings. The summed E-state index contributed by atoms with van der Waals surface area (Å²) in [5, 5.41) is 0. The van der Waals surface area contributed by atoms with Gasteiger partial charge >= 0.3 is 0 Å². The predicted octanol–water partition coefficient (Wildman–Crippen LogP) is 5.09. The normalized spacial score (nSPS) is 14.6. The molecule has 2 aromatic carbocycles. The Kier molecular flexibility index (Phi) is 5.61. The second-order valence-corrected chi connectivity index (χ2v) is 7.59. The van der Waals surface area contributed by atoms with E-state index in [1.165, 1.54) is 11.1 Å². The van der Waals surface area contributed by atoms with Crippen LogP contribution in [0.2, 0.25) is 0 Å². The average molecular weight is 386 g/mol. The number of likely N-dealkylation sites (tertiary alicyclic amines) is 1. The standard InChI is InChI=1S/C25H26N2O2/c1-18-15-22(19-7-4-3-5-8-19)17-24(26-18)20-11-13-27(14-12-20)25(28)21-9-6-10-23(16-21)29-2/h3-10,15-17,20H,11-14H2,1-2H3. The van der Waals surface area contributed by atoms with E-state index in [4.69, 9.17) is 9.72 Å². The van der Waals surface area contributed by atoms with Crippen molar-refractivity contribution in [3.05, 3.63) is 83.7 Å². The maximum atomic E-state index is 12.9. The molecule has 1 aliphatic heterocycles. The van der Waals surface area contributed by atoms with Gasteiger partial charge in [0.1, 0.15) is 5.75 Å². The number of aryl methyl sites for hydroxylation is 1. The molecule has 0 N–H and O–H groups in total. The second-order valence-electron chi connectivity index (χ2n) is 7.59. The molecule has 1 aromatic heterocycles. The number of nitrogens with zero attached hydrogens (tertiary/aromatic N) is 2. The van der Waals surface area contributed by atoms with E-state index < -0.39 is 0 Å². The van der Waals surface area contributed by atoms with Crippen LogP contribution >= 0.6 is 0 Å². The highest BCUT2D eigenvalue weighted by Crippen LogP contribution is 2.31. The lowest BCUT2D eigenvalue weighted by Gasteiger charge is -2.32. The molecule has 29 heavy (non-hydrogen) atoms. The smallest absolute Gasteiger partial charge is 0.253 e. The number of benzene rings is 2. The molecule has 3 aromatic rings. The molecule has 2 heterocycles. The molecule has 0 radical (unpaired) electrons. The van der Waals surface area contributed by atoms with E-state index in [0.29, 0.717) is 17.2 Å². The minimum Gasteiger partial charge on any atom is -0.497 e. The summed E-state index contributed by atoms with van der Waals surface area (Å²) in [4.78, 5) is 19.6. The van der Waals surface area contributed by atoms with E-state index >= 15 is 0 Å². The Balaban J connectivity index is 1.47. The number of hydrogen-bond donors (Lipinski definition) is 0. The Hall–Kier alpha value is -3.14. The van der Waals surface area contributed by atoms with Gasteiger partial charge in [0.05, 0.1) is 7.11 Å². The van der Waals surface area contributed by atoms with Crippen molar-refractivity contribution >= 4 is 5.91 Å². The fourth-order valence-electron chi connectivity index (χ4n) is 4.02. The van der Waals surface area contributed by atoms with Gasteiger partial charge in [0.25, 0.3) is 5.91 Å². The molecular weight excluding hydrogens is 360 g/mol. The monoisotopic (exact) mass is 386 g/mol. The van der Waals surface area contributed by atoms with Crippen LogP contribution in [0.1, 0.15) is 40.5 Å². The van der Waals surface area contributed by atoms with Crippen molar-refractivity contribution in [3.63, 3.8) is 0 Å². The first-order chi connectivity index (χ1) is 14.1. The number of piperidine rings is 1. The van der Waals surface area contributed by atoms with Crippen molar-refractivity contribution in [2.45, 2.75) is 25.7 Å². The first-order valence-electron chi connectivity index (χ1n) is 10.1. The maximum absolute atomic E-state index is 12.9. The van der Waals surface area contributed by atoms with Gasteiger partial charge in [0.2, 0.25) is 0 Å². The van der Waals surface area contributed by atoms with Gasteiger partial charge in [0, 0.05) is 36.0 Å². The fraction of sp³-hybridized carbons (Fsp3) is 0.280. The van der Waals surface area contributed by atoms with E-state index in [2.05, 4.69) is 43.3 Å². The summed E-state index contributed by atoms with van der Waals surface area (Å²) in [6.07, 6.45) is 1.86. The van der Waals surface area contributed by atoms with Crippen molar-refractivity contribution in [1.82, 2.24) is 9.88 Å². The number of carbonyl (C=O) groups excluding carboxylic acids is 1. The lowest BCUT2D eigenvalue weighted by Crippen LogP contribution is -2.38. The number of rotatable bonds is 4. The van der Waals surface area contributed by atoms with Crippen molar-refractivity contribution in [1.29, 1.82) is 0 Å². The minimum absolute atomic E-state index is 0.0736. The first kappa shape index (κ1) is 19.2. The number of amides is 1. The van der Waals surface area contributed by atoms with Gasteiger partial charge in [0.15, 0.2) is 0 Å². The molecule has 0 aliphatic carbocycles. The summed E-state index contributed by atoms with van der Waals surface area (Å²) in [5.41, 5.74) is 5.28. The van der Waals surface area contributed by atoms with Gasteiger partial charge in [-0.05, 0) is 61.2 Å². The van der Waals surface area contributed by atoms with Gasteiger partial charge in [-0.15, -0.1) is 0 Å². The highest BCUT2D eigenvalue weighted by molar-refractivity contribution is 5.94. The quantitative estimate of drug-likeness (QED) is 0.627. The molecule has 4 nitrogen and oxygen atoms in total. The van der Waals surface area contributed by atoms with Gasteiger partial charge < -0.3 is 9.64 Å². The molecule has 4 rings (SSSR count). The molecule has 1 saturated heterocycles.